The van der Waals surface area contributed by atoms with Crippen LogP contribution in [0.1, 0.15) is 65.2 Å². The Bertz CT molecular complexity index is 398. The first-order valence-electron chi connectivity index (χ1n) is 8.59. The lowest BCUT2D eigenvalue weighted by Gasteiger charge is -2.36. The number of rotatable bonds is 7. The molecule has 2 saturated heterocycles. The van der Waals surface area contributed by atoms with Gasteiger partial charge >= 0.3 is 11.9 Å². The Kier molecular flexibility index (Phi) is 6.24. The zero-order valence-corrected chi connectivity index (χ0v) is 14.0. The molecule has 22 heavy (non-hydrogen) atoms. The third-order valence-corrected chi connectivity index (χ3v) is 4.92. The van der Waals surface area contributed by atoms with Crippen molar-refractivity contribution in [3.8, 4) is 0 Å². The van der Waals surface area contributed by atoms with Gasteiger partial charge in [-0.3, -0.25) is 14.5 Å². The second-order valence-electron chi connectivity index (χ2n) is 6.66. The molecule has 0 amide bonds. The highest BCUT2D eigenvalue weighted by atomic mass is 16.6. The molecule has 126 valence electrons. The Hall–Kier alpha value is -1.10. The SMILES string of the molecule is CCCCCCC(=O)OC1CC2CC(OC(C)=O)C(C1)N2C. The molecule has 4 atom stereocenters. The minimum Gasteiger partial charge on any atom is -0.462 e. The van der Waals surface area contributed by atoms with Gasteiger partial charge in [0.15, 0.2) is 0 Å². The maximum absolute atomic E-state index is 11.9. The summed E-state index contributed by atoms with van der Waals surface area (Å²) >= 11 is 0. The summed E-state index contributed by atoms with van der Waals surface area (Å²) in [7, 11) is 2.07. The number of ether oxygens (including phenoxy) is 2. The van der Waals surface area contributed by atoms with Gasteiger partial charge in [-0.25, -0.2) is 0 Å². The van der Waals surface area contributed by atoms with Crippen LogP contribution in [0, 0.1) is 0 Å². The molecular formula is C17H29NO4. The smallest absolute Gasteiger partial charge is 0.306 e. The number of carbonyl (C=O) groups is 2. The van der Waals surface area contributed by atoms with E-state index >= 15 is 0 Å². The van der Waals surface area contributed by atoms with Gasteiger partial charge in [0.05, 0.1) is 6.04 Å². The van der Waals surface area contributed by atoms with Gasteiger partial charge in [-0.2, -0.15) is 0 Å². The predicted octanol–water partition coefficient (Wildman–Crippen LogP) is 2.67. The lowest BCUT2D eigenvalue weighted by Crippen LogP contribution is -2.46. The number of esters is 2. The summed E-state index contributed by atoms with van der Waals surface area (Å²) < 4.78 is 11.1. The lowest BCUT2D eigenvalue weighted by molar-refractivity contribution is -0.155. The first kappa shape index (κ1) is 17.3. The van der Waals surface area contributed by atoms with Gasteiger partial charge in [0.1, 0.15) is 12.2 Å². The van der Waals surface area contributed by atoms with Crippen LogP contribution in [0.25, 0.3) is 0 Å². The van der Waals surface area contributed by atoms with Crippen LogP contribution in [0.5, 0.6) is 0 Å². The van der Waals surface area contributed by atoms with Crippen LogP contribution < -0.4 is 0 Å². The third-order valence-electron chi connectivity index (χ3n) is 4.92. The van der Waals surface area contributed by atoms with Crippen LogP contribution in [0.4, 0.5) is 0 Å². The molecule has 2 bridgehead atoms. The summed E-state index contributed by atoms with van der Waals surface area (Å²) in [5, 5.41) is 0. The highest BCUT2D eigenvalue weighted by Crippen LogP contribution is 2.37. The highest BCUT2D eigenvalue weighted by molar-refractivity contribution is 5.69. The van der Waals surface area contributed by atoms with Gasteiger partial charge in [-0.15, -0.1) is 0 Å². The fourth-order valence-electron chi connectivity index (χ4n) is 3.75. The molecule has 2 heterocycles. The average molecular weight is 311 g/mol. The number of piperidine rings is 1. The van der Waals surface area contributed by atoms with Crippen LogP contribution in [0.2, 0.25) is 0 Å². The molecule has 5 heteroatoms. The number of carbonyl (C=O) groups excluding carboxylic acids is 2. The molecule has 4 unspecified atom stereocenters. The molecule has 2 aliphatic heterocycles. The van der Waals surface area contributed by atoms with Crippen LogP contribution in [-0.4, -0.2) is 48.2 Å². The molecule has 0 aromatic heterocycles. The molecular weight excluding hydrogens is 282 g/mol. The first-order chi connectivity index (χ1) is 10.5. The van der Waals surface area contributed by atoms with Crippen LogP contribution in [0.3, 0.4) is 0 Å². The third kappa shape index (κ3) is 4.45. The Labute approximate surface area is 133 Å². The Balaban J connectivity index is 1.78. The number of fused-ring (bicyclic) bond motifs is 2. The fourth-order valence-corrected chi connectivity index (χ4v) is 3.75. The fraction of sp³-hybridized carbons (Fsp3) is 0.882. The molecule has 0 aromatic carbocycles. The van der Waals surface area contributed by atoms with E-state index < -0.39 is 0 Å². The zero-order chi connectivity index (χ0) is 16.1. The molecule has 5 nitrogen and oxygen atoms in total. The van der Waals surface area contributed by atoms with Crippen molar-refractivity contribution < 1.29 is 19.1 Å². The van der Waals surface area contributed by atoms with E-state index in [-0.39, 0.29) is 30.2 Å². The summed E-state index contributed by atoms with van der Waals surface area (Å²) in [6.07, 6.45) is 7.28. The summed E-state index contributed by atoms with van der Waals surface area (Å²) in [6, 6.07) is 0.529. The Morgan fingerprint density at radius 2 is 1.86 bits per heavy atom. The molecule has 0 aromatic rings. The van der Waals surface area contributed by atoms with E-state index in [1.807, 2.05) is 0 Å². The zero-order valence-electron chi connectivity index (χ0n) is 14.0. The predicted molar refractivity (Wildman–Crippen MR) is 83.4 cm³/mol. The van der Waals surface area contributed by atoms with E-state index in [0.29, 0.717) is 12.5 Å². The van der Waals surface area contributed by atoms with Crippen molar-refractivity contribution in [2.45, 2.75) is 89.5 Å². The summed E-state index contributed by atoms with van der Waals surface area (Å²) in [6.45, 7) is 3.61. The van der Waals surface area contributed by atoms with E-state index in [0.717, 1.165) is 32.1 Å². The largest absolute Gasteiger partial charge is 0.462 e. The van der Waals surface area contributed by atoms with Crippen molar-refractivity contribution in [3.05, 3.63) is 0 Å². The molecule has 2 rings (SSSR count). The van der Waals surface area contributed by atoms with Gasteiger partial charge in [0.25, 0.3) is 0 Å². The van der Waals surface area contributed by atoms with E-state index in [2.05, 4.69) is 18.9 Å². The van der Waals surface area contributed by atoms with Crippen molar-refractivity contribution in [1.82, 2.24) is 4.90 Å². The monoisotopic (exact) mass is 311 g/mol. The van der Waals surface area contributed by atoms with Crippen LogP contribution in [0.15, 0.2) is 0 Å². The van der Waals surface area contributed by atoms with Crippen molar-refractivity contribution in [1.29, 1.82) is 0 Å². The quantitative estimate of drug-likeness (QED) is 0.534. The topological polar surface area (TPSA) is 55.8 Å². The second-order valence-corrected chi connectivity index (χ2v) is 6.66. The minimum absolute atomic E-state index is 0.0227. The van der Waals surface area contributed by atoms with Gasteiger partial charge in [0, 0.05) is 38.6 Å². The van der Waals surface area contributed by atoms with Crippen molar-refractivity contribution >= 4 is 11.9 Å². The van der Waals surface area contributed by atoms with Crippen molar-refractivity contribution in [3.63, 3.8) is 0 Å². The molecule has 0 spiro atoms. The van der Waals surface area contributed by atoms with Crippen molar-refractivity contribution in [2.75, 3.05) is 7.05 Å². The van der Waals surface area contributed by atoms with E-state index in [1.54, 1.807) is 0 Å². The van der Waals surface area contributed by atoms with E-state index in [1.165, 1.54) is 19.8 Å². The van der Waals surface area contributed by atoms with Crippen LogP contribution >= 0.6 is 0 Å². The molecule has 0 aliphatic carbocycles. The average Bonchev–Trinajstić information content (AvgIpc) is 2.62. The standard InChI is InChI=1S/C17H29NO4/c1-4-5-6-7-8-17(20)22-14-9-13-10-16(21-12(2)19)15(11-14)18(13)3/h13-16H,4-11H2,1-3H3. The van der Waals surface area contributed by atoms with E-state index in [4.69, 9.17) is 9.47 Å². The normalized spacial score (nSPS) is 31.0. The highest BCUT2D eigenvalue weighted by Gasteiger charge is 2.47. The van der Waals surface area contributed by atoms with Crippen molar-refractivity contribution in [2.24, 2.45) is 0 Å². The molecule has 0 radical (unpaired) electrons. The first-order valence-corrected chi connectivity index (χ1v) is 8.59. The van der Waals surface area contributed by atoms with Gasteiger partial charge in [-0.05, 0) is 13.5 Å². The minimum atomic E-state index is -0.226. The van der Waals surface area contributed by atoms with Gasteiger partial charge in [-0.1, -0.05) is 26.2 Å². The lowest BCUT2D eigenvalue weighted by atomic mass is 10.00. The van der Waals surface area contributed by atoms with Crippen LogP contribution in [-0.2, 0) is 19.1 Å². The number of hydrogen-bond acceptors (Lipinski definition) is 5. The summed E-state index contributed by atoms with van der Waals surface area (Å²) in [4.78, 5) is 25.4. The second kappa shape index (κ2) is 7.95. The summed E-state index contributed by atoms with van der Waals surface area (Å²) in [5.41, 5.74) is 0. The number of unbranched alkanes of at least 4 members (excludes halogenated alkanes) is 3. The molecule has 0 N–H and O–H groups in total. The van der Waals surface area contributed by atoms with E-state index in [9.17, 15) is 9.59 Å². The maximum atomic E-state index is 11.9. The number of likely N-dealkylation sites (N-methyl/N-ethyl adjacent to an activating group) is 1. The maximum Gasteiger partial charge on any atom is 0.306 e. The Morgan fingerprint density at radius 3 is 2.55 bits per heavy atom. The molecule has 2 aliphatic rings. The van der Waals surface area contributed by atoms with Gasteiger partial charge in [0.2, 0.25) is 0 Å². The molecule has 2 fully saturated rings. The summed E-state index contributed by atoms with van der Waals surface area (Å²) in [5.74, 6) is -0.301. The number of nitrogens with zero attached hydrogens (tertiary/aromatic N) is 1. The molecule has 0 saturated carbocycles. The Morgan fingerprint density at radius 1 is 1.09 bits per heavy atom. The number of hydrogen-bond donors (Lipinski definition) is 0. The van der Waals surface area contributed by atoms with Gasteiger partial charge < -0.3 is 9.47 Å².